The van der Waals surface area contributed by atoms with Gasteiger partial charge in [0, 0.05) is 29.9 Å². The zero-order valence-corrected chi connectivity index (χ0v) is 18.5. The van der Waals surface area contributed by atoms with Gasteiger partial charge in [-0.1, -0.05) is 26.0 Å². The number of nitrogens with zero attached hydrogens (tertiary/aromatic N) is 2. The van der Waals surface area contributed by atoms with Crippen molar-refractivity contribution < 1.29 is 19.1 Å². The second-order valence-corrected chi connectivity index (χ2v) is 7.71. The molecule has 8 heteroatoms. The van der Waals surface area contributed by atoms with Gasteiger partial charge in [0.25, 0.3) is 5.91 Å². The number of hydrogen-bond acceptors (Lipinski definition) is 5. The number of anilines is 1. The normalized spacial score (nSPS) is 15.4. The Labute approximate surface area is 188 Å². The molecule has 1 unspecified atom stereocenters. The number of amidine groups is 1. The molecule has 1 saturated heterocycles. The minimum Gasteiger partial charge on any atom is -0.490 e. The van der Waals surface area contributed by atoms with Crippen LogP contribution < -0.4 is 15.4 Å². The zero-order chi connectivity index (χ0) is 23.1. The predicted molar refractivity (Wildman–Crippen MR) is 123 cm³/mol. The van der Waals surface area contributed by atoms with Gasteiger partial charge < -0.3 is 20.1 Å². The third-order valence-electron chi connectivity index (χ3n) is 5.15. The van der Waals surface area contributed by atoms with Crippen LogP contribution in [0.2, 0.25) is 0 Å². The first-order valence-corrected chi connectivity index (χ1v) is 10.9. The van der Waals surface area contributed by atoms with Crippen LogP contribution in [-0.2, 0) is 4.74 Å². The average Bonchev–Trinajstić information content (AvgIpc) is 3.18. The summed E-state index contributed by atoms with van der Waals surface area (Å²) in [5, 5.41) is 7.56. The summed E-state index contributed by atoms with van der Waals surface area (Å²) in [4.78, 5) is 28.3. The van der Waals surface area contributed by atoms with Crippen molar-refractivity contribution in [2.75, 3.05) is 31.1 Å². The van der Waals surface area contributed by atoms with Gasteiger partial charge in [-0.25, -0.2) is 4.79 Å². The lowest BCUT2D eigenvalue weighted by molar-refractivity contribution is 0.0755. The van der Waals surface area contributed by atoms with E-state index in [2.05, 4.69) is 13.8 Å². The maximum absolute atomic E-state index is 12.7. The highest BCUT2D eigenvalue weighted by atomic mass is 16.6. The van der Waals surface area contributed by atoms with Gasteiger partial charge in [0.1, 0.15) is 18.2 Å². The highest BCUT2D eigenvalue weighted by Gasteiger charge is 2.33. The highest BCUT2D eigenvalue weighted by Crippen LogP contribution is 2.23. The Kier molecular flexibility index (Phi) is 7.70. The van der Waals surface area contributed by atoms with Gasteiger partial charge in [-0.3, -0.25) is 15.1 Å². The summed E-state index contributed by atoms with van der Waals surface area (Å²) in [6.07, 6.45) is 0.938. The average molecular weight is 439 g/mol. The van der Waals surface area contributed by atoms with E-state index in [4.69, 9.17) is 20.6 Å². The van der Waals surface area contributed by atoms with Crippen molar-refractivity contribution in [1.82, 2.24) is 4.90 Å². The van der Waals surface area contributed by atoms with Crippen molar-refractivity contribution in [3.63, 3.8) is 0 Å². The molecule has 2 aromatic rings. The molecule has 0 saturated carbocycles. The second kappa shape index (κ2) is 10.7. The van der Waals surface area contributed by atoms with E-state index in [-0.39, 0.29) is 18.3 Å². The van der Waals surface area contributed by atoms with E-state index in [1.54, 1.807) is 48.5 Å². The number of nitrogens with two attached hydrogens (primary N) is 1. The third kappa shape index (κ3) is 5.57. The number of carbonyl (C=O) groups is 2. The van der Waals surface area contributed by atoms with Crippen molar-refractivity contribution in [2.45, 2.75) is 32.8 Å². The summed E-state index contributed by atoms with van der Waals surface area (Å²) in [5.74, 6) is 0.564. The highest BCUT2D eigenvalue weighted by molar-refractivity contribution is 5.97. The Bertz CT molecular complexity index is 955. The van der Waals surface area contributed by atoms with Gasteiger partial charge >= 0.3 is 6.09 Å². The lowest BCUT2D eigenvalue weighted by atomic mass is 10.1. The van der Waals surface area contributed by atoms with Gasteiger partial charge in [0.05, 0.1) is 6.54 Å². The fraction of sp³-hybridized carbons (Fsp3) is 0.375. The molecule has 2 amide bonds. The predicted octanol–water partition coefficient (Wildman–Crippen LogP) is 3.64. The monoisotopic (exact) mass is 438 g/mol. The van der Waals surface area contributed by atoms with Crippen LogP contribution in [0.1, 0.15) is 42.6 Å². The fourth-order valence-corrected chi connectivity index (χ4v) is 3.58. The smallest absolute Gasteiger partial charge is 0.414 e. The molecule has 0 spiro atoms. The Morgan fingerprint density at radius 1 is 1.16 bits per heavy atom. The lowest BCUT2D eigenvalue weighted by Gasteiger charge is -2.21. The van der Waals surface area contributed by atoms with E-state index in [9.17, 15) is 9.59 Å². The van der Waals surface area contributed by atoms with Crippen LogP contribution in [0.25, 0.3) is 0 Å². The fourth-order valence-electron chi connectivity index (χ4n) is 3.58. The molecule has 1 atom stereocenters. The first kappa shape index (κ1) is 23.1. The Hall–Kier alpha value is -3.55. The van der Waals surface area contributed by atoms with E-state index in [0.29, 0.717) is 29.1 Å². The van der Waals surface area contributed by atoms with Crippen molar-refractivity contribution in [3.8, 4) is 5.75 Å². The van der Waals surface area contributed by atoms with E-state index in [0.717, 1.165) is 25.9 Å². The summed E-state index contributed by atoms with van der Waals surface area (Å²) in [7, 11) is 0. The number of ether oxygens (including phenoxy) is 2. The molecule has 8 nitrogen and oxygen atoms in total. The minimum absolute atomic E-state index is 0.0217. The first-order chi connectivity index (χ1) is 15.4. The second-order valence-electron chi connectivity index (χ2n) is 7.71. The molecule has 1 aliphatic heterocycles. The Balaban J connectivity index is 1.57. The van der Waals surface area contributed by atoms with E-state index in [1.165, 1.54) is 4.90 Å². The van der Waals surface area contributed by atoms with E-state index >= 15 is 0 Å². The lowest BCUT2D eigenvalue weighted by Crippen LogP contribution is -2.32. The van der Waals surface area contributed by atoms with Crippen LogP contribution in [0.5, 0.6) is 5.75 Å². The molecule has 0 radical (unpaired) electrons. The van der Waals surface area contributed by atoms with Crippen molar-refractivity contribution in [2.24, 2.45) is 5.73 Å². The van der Waals surface area contributed by atoms with Gasteiger partial charge in [0.2, 0.25) is 0 Å². The molecule has 2 aromatic carbocycles. The summed E-state index contributed by atoms with van der Waals surface area (Å²) >= 11 is 0. The van der Waals surface area contributed by atoms with Crippen LogP contribution in [0, 0.1) is 5.41 Å². The number of carbonyl (C=O) groups excluding carboxylic acids is 2. The molecule has 0 aromatic heterocycles. The van der Waals surface area contributed by atoms with Crippen LogP contribution in [0.3, 0.4) is 0 Å². The molecule has 1 aliphatic rings. The number of benzene rings is 2. The first-order valence-electron chi connectivity index (χ1n) is 10.9. The van der Waals surface area contributed by atoms with E-state index in [1.807, 2.05) is 4.90 Å². The van der Waals surface area contributed by atoms with Gasteiger partial charge in [-0.2, -0.15) is 0 Å². The SMILES string of the molecule is CCCN(CCC)C(=O)c1ccc(OCC2CN(c3cccc(C(=N)N)c3)C(=O)O2)cc1. The number of rotatable bonds is 10. The largest absolute Gasteiger partial charge is 0.490 e. The van der Waals surface area contributed by atoms with Gasteiger partial charge in [-0.15, -0.1) is 0 Å². The molecule has 32 heavy (non-hydrogen) atoms. The standard InChI is InChI=1S/C24H30N4O4/c1-3-12-27(13-4-2)23(29)17-8-10-20(11-9-17)31-16-21-15-28(24(30)32-21)19-7-5-6-18(14-19)22(25)26/h5-11,14,21H,3-4,12-13,15-16H2,1-2H3,(H3,25,26). The Morgan fingerprint density at radius 2 is 1.84 bits per heavy atom. The summed E-state index contributed by atoms with van der Waals surface area (Å²) in [6.45, 7) is 6.13. The molecule has 1 fully saturated rings. The molecule has 1 heterocycles. The number of hydrogen-bond donors (Lipinski definition) is 2. The molecular formula is C24H30N4O4. The Morgan fingerprint density at radius 3 is 2.47 bits per heavy atom. The summed E-state index contributed by atoms with van der Waals surface area (Å²) < 4.78 is 11.2. The minimum atomic E-state index is -0.466. The quantitative estimate of drug-likeness (QED) is 0.435. The third-order valence-corrected chi connectivity index (χ3v) is 5.15. The van der Waals surface area contributed by atoms with Crippen molar-refractivity contribution >= 4 is 23.5 Å². The summed E-state index contributed by atoms with van der Waals surface area (Å²) in [5.41, 5.74) is 7.33. The van der Waals surface area contributed by atoms with Crippen molar-refractivity contribution in [1.29, 1.82) is 5.41 Å². The maximum atomic E-state index is 12.7. The maximum Gasteiger partial charge on any atom is 0.414 e. The van der Waals surface area contributed by atoms with Crippen molar-refractivity contribution in [3.05, 3.63) is 59.7 Å². The number of nitrogens with one attached hydrogen (secondary N) is 1. The molecule has 3 N–H and O–H groups in total. The van der Waals surface area contributed by atoms with Crippen LogP contribution in [0.15, 0.2) is 48.5 Å². The molecule has 0 aliphatic carbocycles. The van der Waals surface area contributed by atoms with Crippen LogP contribution in [0.4, 0.5) is 10.5 Å². The number of nitrogen functional groups attached to an aromatic ring is 1. The molecule has 170 valence electrons. The van der Waals surface area contributed by atoms with Crippen LogP contribution in [-0.4, -0.2) is 55.1 Å². The summed E-state index contributed by atoms with van der Waals surface area (Å²) in [6, 6.07) is 13.9. The zero-order valence-electron chi connectivity index (χ0n) is 18.5. The van der Waals surface area contributed by atoms with Gasteiger partial charge in [0.15, 0.2) is 6.10 Å². The van der Waals surface area contributed by atoms with Gasteiger partial charge in [-0.05, 0) is 49.2 Å². The molecular weight excluding hydrogens is 408 g/mol. The van der Waals surface area contributed by atoms with E-state index < -0.39 is 12.2 Å². The van der Waals surface area contributed by atoms with Crippen LogP contribution >= 0.6 is 0 Å². The number of amides is 2. The number of cyclic esters (lactones) is 1. The molecule has 3 rings (SSSR count). The topological polar surface area (TPSA) is 109 Å². The molecule has 0 bridgehead atoms.